The van der Waals surface area contributed by atoms with Crippen LogP contribution in [0.2, 0.25) is 0 Å². The molecule has 0 radical (unpaired) electrons. The van der Waals surface area contributed by atoms with Crippen LogP contribution in [-0.4, -0.2) is 34.3 Å². The third-order valence-corrected chi connectivity index (χ3v) is 7.21. The normalized spacial score (nSPS) is 16.8. The highest BCUT2D eigenvalue weighted by atomic mass is 32.1. The molecule has 2 atom stereocenters. The highest BCUT2D eigenvalue weighted by Gasteiger charge is 2.42. The van der Waals surface area contributed by atoms with Gasteiger partial charge >= 0.3 is 0 Å². The first-order valence-corrected chi connectivity index (χ1v) is 13.1. The Bertz CT molecular complexity index is 1630. The molecule has 0 bridgehead atoms. The zero-order valence-corrected chi connectivity index (χ0v) is 22.1. The maximum absolute atomic E-state index is 12.0. The van der Waals surface area contributed by atoms with E-state index in [0.29, 0.717) is 10.8 Å². The van der Waals surface area contributed by atoms with Crippen LogP contribution in [0, 0.1) is 0 Å². The number of carbonyl (C=O) groups excluding carboxylic acids is 1. The third kappa shape index (κ3) is 4.87. The SMILES string of the molecule is COCC(=O)Nc1ccc(N2C(=S)N[C@H](c3ccccn3)[C@@H]2c2cccn2-c2ccc3ccccc3c2)cc1. The van der Waals surface area contributed by atoms with Gasteiger partial charge in [-0.05, 0) is 83.7 Å². The molecular weight excluding hydrogens is 506 g/mol. The summed E-state index contributed by atoms with van der Waals surface area (Å²) in [7, 11) is 1.50. The summed E-state index contributed by atoms with van der Waals surface area (Å²) in [5.74, 6) is -0.204. The number of amides is 1. The van der Waals surface area contributed by atoms with E-state index in [9.17, 15) is 4.79 Å². The van der Waals surface area contributed by atoms with Crippen LogP contribution in [0.3, 0.4) is 0 Å². The molecule has 0 unspecified atom stereocenters. The van der Waals surface area contributed by atoms with Crippen LogP contribution in [0.4, 0.5) is 11.4 Å². The number of hydrogen-bond acceptors (Lipinski definition) is 4. The number of fused-ring (bicyclic) bond motifs is 1. The standard InChI is InChI=1S/C31H27N5O2S/c1-38-20-28(37)33-23-12-15-24(16-13-23)36-30(29(34-31(36)39)26-9-4-5-17-32-26)27-10-6-18-35(27)25-14-11-21-7-2-3-8-22(21)19-25/h2-19,29-30H,20H2,1H3,(H,33,37)(H,34,39)/t29-,30+/m1/s1. The Labute approximate surface area is 232 Å². The van der Waals surface area contributed by atoms with E-state index in [1.165, 1.54) is 17.9 Å². The number of nitrogens with zero attached hydrogens (tertiary/aromatic N) is 3. The van der Waals surface area contributed by atoms with Crippen LogP contribution in [0.5, 0.6) is 0 Å². The monoisotopic (exact) mass is 533 g/mol. The van der Waals surface area contributed by atoms with Gasteiger partial charge in [0.15, 0.2) is 5.11 Å². The average Bonchev–Trinajstić information content (AvgIpc) is 3.58. The maximum atomic E-state index is 12.0. The smallest absolute Gasteiger partial charge is 0.250 e. The van der Waals surface area contributed by atoms with Crippen molar-refractivity contribution in [3.8, 4) is 5.69 Å². The van der Waals surface area contributed by atoms with Gasteiger partial charge in [0.25, 0.3) is 0 Å². The van der Waals surface area contributed by atoms with Crippen molar-refractivity contribution in [1.82, 2.24) is 14.9 Å². The average molecular weight is 534 g/mol. The summed E-state index contributed by atoms with van der Waals surface area (Å²) in [6.45, 7) is 0.00146. The van der Waals surface area contributed by atoms with Gasteiger partial charge in [-0.2, -0.15) is 0 Å². The second kappa shape index (κ2) is 10.7. The van der Waals surface area contributed by atoms with Gasteiger partial charge in [0.05, 0.1) is 11.7 Å². The van der Waals surface area contributed by atoms with Gasteiger partial charge in [-0.25, -0.2) is 0 Å². The largest absolute Gasteiger partial charge is 0.375 e. The van der Waals surface area contributed by atoms with E-state index in [4.69, 9.17) is 17.0 Å². The van der Waals surface area contributed by atoms with Crippen LogP contribution in [0.25, 0.3) is 16.5 Å². The molecule has 2 N–H and O–H groups in total. The summed E-state index contributed by atoms with van der Waals surface area (Å²) in [4.78, 5) is 18.8. The van der Waals surface area contributed by atoms with Crippen molar-refractivity contribution in [3.05, 3.63) is 121 Å². The molecule has 8 heteroatoms. The quantitative estimate of drug-likeness (QED) is 0.258. The summed E-state index contributed by atoms with van der Waals surface area (Å²) in [6.07, 6.45) is 3.89. The van der Waals surface area contributed by atoms with Gasteiger partial charge in [-0.1, -0.05) is 36.4 Å². The van der Waals surface area contributed by atoms with Crippen LogP contribution in [-0.2, 0) is 9.53 Å². The number of methoxy groups -OCH3 is 1. The predicted molar refractivity (Wildman–Crippen MR) is 158 cm³/mol. The van der Waals surface area contributed by atoms with Gasteiger partial charge < -0.3 is 24.8 Å². The van der Waals surface area contributed by atoms with Crippen molar-refractivity contribution in [2.24, 2.45) is 0 Å². The molecule has 1 aliphatic rings. The first-order valence-electron chi connectivity index (χ1n) is 12.7. The number of rotatable bonds is 7. The Morgan fingerprint density at radius 3 is 2.49 bits per heavy atom. The molecule has 7 nitrogen and oxygen atoms in total. The molecule has 3 heterocycles. The fourth-order valence-electron chi connectivity index (χ4n) is 5.16. The Balaban J connectivity index is 1.42. The number of pyridine rings is 1. The molecule has 5 aromatic rings. The molecule has 1 saturated heterocycles. The van der Waals surface area contributed by atoms with Crippen LogP contribution in [0.1, 0.15) is 23.5 Å². The van der Waals surface area contributed by atoms with E-state index in [1.807, 2.05) is 42.5 Å². The predicted octanol–water partition coefficient (Wildman–Crippen LogP) is 5.79. The molecule has 0 spiro atoms. The lowest BCUT2D eigenvalue weighted by atomic mass is 10.0. The molecule has 1 aliphatic heterocycles. The van der Waals surface area contributed by atoms with E-state index in [0.717, 1.165) is 22.8 Å². The Morgan fingerprint density at radius 1 is 0.949 bits per heavy atom. The van der Waals surface area contributed by atoms with Gasteiger partial charge in [-0.15, -0.1) is 0 Å². The highest BCUT2D eigenvalue weighted by Crippen LogP contribution is 2.42. The number of aromatic nitrogens is 2. The number of nitrogens with one attached hydrogen (secondary N) is 2. The fraction of sp³-hybridized carbons (Fsp3) is 0.129. The van der Waals surface area contributed by atoms with E-state index in [-0.39, 0.29) is 24.6 Å². The van der Waals surface area contributed by atoms with Crippen LogP contribution in [0.15, 0.2) is 109 Å². The lowest BCUT2D eigenvalue weighted by molar-refractivity contribution is -0.119. The van der Waals surface area contributed by atoms with Crippen molar-refractivity contribution < 1.29 is 9.53 Å². The topological polar surface area (TPSA) is 71.4 Å². The maximum Gasteiger partial charge on any atom is 0.250 e. The van der Waals surface area contributed by atoms with Gasteiger partial charge in [-0.3, -0.25) is 9.78 Å². The summed E-state index contributed by atoms with van der Waals surface area (Å²) in [5.41, 5.74) is 4.65. The van der Waals surface area contributed by atoms with Crippen molar-refractivity contribution >= 4 is 45.4 Å². The number of thiocarbonyl (C=S) groups is 1. The summed E-state index contributed by atoms with van der Waals surface area (Å²) >= 11 is 5.90. The molecule has 2 aromatic heterocycles. The van der Waals surface area contributed by atoms with Crippen molar-refractivity contribution in [3.63, 3.8) is 0 Å². The molecule has 3 aromatic carbocycles. The minimum Gasteiger partial charge on any atom is -0.375 e. The molecule has 6 rings (SSSR count). The molecule has 39 heavy (non-hydrogen) atoms. The van der Waals surface area contributed by atoms with E-state index in [2.05, 4.69) is 85.9 Å². The summed E-state index contributed by atoms with van der Waals surface area (Å²) in [5, 5.41) is 9.36. The zero-order chi connectivity index (χ0) is 26.8. The molecule has 1 amide bonds. The van der Waals surface area contributed by atoms with E-state index >= 15 is 0 Å². The van der Waals surface area contributed by atoms with E-state index < -0.39 is 0 Å². The number of hydrogen-bond donors (Lipinski definition) is 2. The third-order valence-electron chi connectivity index (χ3n) is 6.90. The minimum atomic E-state index is -0.204. The number of benzene rings is 3. The second-order valence-corrected chi connectivity index (χ2v) is 9.75. The molecule has 0 saturated carbocycles. The Kier molecular flexibility index (Phi) is 6.79. The van der Waals surface area contributed by atoms with Gasteiger partial charge in [0.2, 0.25) is 5.91 Å². The van der Waals surface area contributed by atoms with Crippen molar-refractivity contribution in [1.29, 1.82) is 0 Å². The zero-order valence-electron chi connectivity index (χ0n) is 21.3. The lowest BCUT2D eigenvalue weighted by Gasteiger charge is -2.29. The number of carbonyl (C=O) groups is 1. The fourth-order valence-corrected chi connectivity index (χ4v) is 5.51. The second-order valence-electron chi connectivity index (χ2n) is 9.36. The summed E-state index contributed by atoms with van der Waals surface area (Å²) < 4.78 is 7.14. The highest BCUT2D eigenvalue weighted by molar-refractivity contribution is 7.80. The van der Waals surface area contributed by atoms with Crippen molar-refractivity contribution in [2.75, 3.05) is 23.9 Å². The number of anilines is 2. The van der Waals surface area contributed by atoms with Crippen LogP contribution < -0.4 is 15.5 Å². The van der Waals surface area contributed by atoms with Gasteiger partial charge in [0.1, 0.15) is 12.6 Å². The molecular formula is C31H27N5O2S. The lowest BCUT2D eigenvalue weighted by Crippen LogP contribution is -2.30. The first kappa shape index (κ1) is 24.8. The Morgan fingerprint density at radius 2 is 1.72 bits per heavy atom. The molecule has 1 fully saturated rings. The minimum absolute atomic E-state index is 0.00146. The van der Waals surface area contributed by atoms with E-state index in [1.54, 1.807) is 6.20 Å². The number of ether oxygens (including phenoxy) is 1. The summed E-state index contributed by atoms with van der Waals surface area (Å²) in [6, 6.07) is 32.3. The molecule has 194 valence electrons. The van der Waals surface area contributed by atoms with Crippen LogP contribution >= 0.6 is 12.2 Å². The van der Waals surface area contributed by atoms with Crippen molar-refractivity contribution in [2.45, 2.75) is 12.1 Å². The Hall–Kier alpha value is -4.53. The molecule has 0 aliphatic carbocycles. The first-order chi connectivity index (χ1) is 19.1. The van der Waals surface area contributed by atoms with Gasteiger partial charge in [0, 0.05) is 42.3 Å².